The normalized spacial score (nSPS) is 47.2. The van der Waals surface area contributed by atoms with Crippen LogP contribution in [-0.2, 0) is 9.59 Å². The lowest BCUT2D eigenvalue weighted by Crippen LogP contribution is -2.62. The zero-order valence-electron chi connectivity index (χ0n) is 13.5. The van der Waals surface area contributed by atoms with Crippen molar-refractivity contribution in [1.82, 2.24) is 10.6 Å². The number of fused-ring (bicyclic) bond motifs is 5. The molecule has 2 heterocycles. The molecule has 0 aromatic carbocycles. The fraction of sp³-hybridized carbons (Fsp3) is 0.824. The van der Waals surface area contributed by atoms with Gasteiger partial charge in [-0.15, -0.1) is 0 Å². The van der Waals surface area contributed by atoms with Gasteiger partial charge in [-0.3, -0.25) is 9.59 Å². The summed E-state index contributed by atoms with van der Waals surface area (Å²) in [7, 11) is 0. The van der Waals surface area contributed by atoms with Gasteiger partial charge in [0.1, 0.15) is 11.7 Å². The highest BCUT2D eigenvalue weighted by Gasteiger charge is 2.67. The fourth-order valence-corrected chi connectivity index (χ4v) is 6.04. The van der Waals surface area contributed by atoms with E-state index >= 15 is 0 Å². The quantitative estimate of drug-likeness (QED) is 0.677. The molecule has 4 rings (SSSR count). The summed E-state index contributed by atoms with van der Waals surface area (Å²) in [6, 6.07) is 2.23. The van der Waals surface area contributed by atoms with E-state index in [1.54, 1.807) is 0 Å². The molecule has 2 aliphatic carbocycles. The van der Waals surface area contributed by atoms with Crippen LogP contribution < -0.4 is 16.4 Å². The van der Waals surface area contributed by atoms with Gasteiger partial charge in [-0.2, -0.15) is 5.26 Å². The van der Waals surface area contributed by atoms with Crippen molar-refractivity contribution in [1.29, 1.82) is 5.26 Å². The molecular formula is C17H23FN4O2. The number of hydrogen-bond acceptors (Lipinski definition) is 4. The Morgan fingerprint density at radius 2 is 2.25 bits per heavy atom. The summed E-state index contributed by atoms with van der Waals surface area (Å²) in [4.78, 5) is 24.4. The maximum absolute atomic E-state index is 14.4. The van der Waals surface area contributed by atoms with Crippen LogP contribution in [0.15, 0.2) is 0 Å². The van der Waals surface area contributed by atoms with Gasteiger partial charge in [-0.05, 0) is 55.9 Å². The number of nitrogens with zero attached hydrogens (tertiary/aromatic N) is 1. The molecule has 0 radical (unpaired) electrons. The number of nitrogens with one attached hydrogen (secondary N) is 2. The minimum Gasteiger partial charge on any atom is -0.368 e. The number of amides is 2. The Balaban J connectivity index is 1.67. The molecule has 6 unspecified atom stereocenters. The Bertz CT molecular complexity index is 620. The summed E-state index contributed by atoms with van der Waals surface area (Å²) in [6.07, 6.45) is 1.40. The van der Waals surface area contributed by atoms with Gasteiger partial charge in [-0.25, -0.2) is 4.39 Å². The van der Waals surface area contributed by atoms with Crippen molar-refractivity contribution in [2.45, 2.75) is 37.4 Å². The number of carbonyl (C=O) groups excluding carboxylic acids is 2. The molecule has 7 heteroatoms. The van der Waals surface area contributed by atoms with E-state index in [0.717, 1.165) is 6.42 Å². The van der Waals surface area contributed by atoms with E-state index < -0.39 is 23.5 Å². The summed E-state index contributed by atoms with van der Waals surface area (Å²) < 4.78 is 14.4. The first-order valence-corrected chi connectivity index (χ1v) is 8.85. The Kier molecular flexibility index (Phi) is 3.57. The predicted molar refractivity (Wildman–Crippen MR) is 82.9 cm³/mol. The third kappa shape index (κ3) is 1.95. The minimum atomic E-state index is -1.20. The number of halogens is 1. The SMILES string of the molecule is N#C[C@@H](C[C@H]1CCNC1=O)C1(C(N)=O)NCC2C3CC(F)C(C3)C21. The van der Waals surface area contributed by atoms with Crippen LogP contribution in [0.4, 0.5) is 4.39 Å². The molecule has 0 spiro atoms. The standard InChI is InChI=1S/C17H23FN4O2/c18-13-5-9-4-11(13)14-12(9)7-22-17(14,16(20)24)10(6-19)3-8-1-2-21-15(8)23/h8-14,22H,1-5,7H2,(H2,20,24)(H,21,23)/t8-,9?,10-,11?,12?,13?,14?,17?/m1/s1. The Hall–Kier alpha value is -1.68. The van der Waals surface area contributed by atoms with Gasteiger partial charge in [0.05, 0.1) is 12.0 Å². The second-order valence-electron chi connectivity index (χ2n) is 7.91. The van der Waals surface area contributed by atoms with Gasteiger partial charge in [0.25, 0.3) is 0 Å². The van der Waals surface area contributed by atoms with E-state index in [-0.39, 0.29) is 35.5 Å². The lowest BCUT2D eigenvalue weighted by atomic mass is 9.64. The van der Waals surface area contributed by atoms with Gasteiger partial charge >= 0.3 is 0 Å². The molecule has 0 aromatic heterocycles. The second-order valence-corrected chi connectivity index (χ2v) is 7.91. The van der Waals surface area contributed by atoms with Crippen molar-refractivity contribution in [3.63, 3.8) is 0 Å². The van der Waals surface area contributed by atoms with Crippen molar-refractivity contribution in [3.8, 4) is 6.07 Å². The third-order valence-electron chi connectivity index (χ3n) is 7.05. The molecule has 4 aliphatic rings. The lowest BCUT2D eigenvalue weighted by Gasteiger charge is -2.41. The van der Waals surface area contributed by atoms with E-state index in [1.807, 2.05) is 0 Å². The highest BCUT2D eigenvalue weighted by Crippen LogP contribution is 2.60. The van der Waals surface area contributed by atoms with Crippen molar-refractivity contribution in [2.75, 3.05) is 13.1 Å². The molecule has 0 aromatic rings. The van der Waals surface area contributed by atoms with Crippen molar-refractivity contribution >= 4 is 11.8 Å². The van der Waals surface area contributed by atoms with Crippen molar-refractivity contribution in [3.05, 3.63) is 0 Å². The highest BCUT2D eigenvalue weighted by molar-refractivity contribution is 5.87. The van der Waals surface area contributed by atoms with E-state index in [0.29, 0.717) is 32.4 Å². The highest BCUT2D eigenvalue weighted by atomic mass is 19.1. The first-order valence-electron chi connectivity index (χ1n) is 8.85. The number of nitriles is 1. The van der Waals surface area contributed by atoms with Gasteiger partial charge in [0, 0.05) is 12.5 Å². The first kappa shape index (κ1) is 15.8. The van der Waals surface area contributed by atoms with Gasteiger partial charge in [-0.1, -0.05) is 0 Å². The summed E-state index contributed by atoms with van der Waals surface area (Å²) in [5.41, 5.74) is 4.57. The molecule has 4 N–H and O–H groups in total. The molecule has 2 aliphatic heterocycles. The summed E-state index contributed by atoms with van der Waals surface area (Å²) in [5, 5.41) is 15.8. The second kappa shape index (κ2) is 5.41. The average molecular weight is 334 g/mol. The summed E-state index contributed by atoms with van der Waals surface area (Å²) in [6.45, 7) is 1.21. The van der Waals surface area contributed by atoms with Crippen LogP contribution in [-0.4, -0.2) is 36.6 Å². The zero-order valence-corrected chi connectivity index (χ0v) is 13.5. The van der Waals surface area contributed by atoms with E-state index in [9.17, 15) is 19.2 Å². The minimum absolute atomic E-state index is 0.0688. The van der Waals surface area contributed by atoms with Crippen LogP contribution in [0.2, 0.25) is 0 Å². The van der Waals surface area contributed by atoms with Crippen molar-refractivity contribution in [2.24, 2.45) is 41.2 Å². The molecule has 8 atom stereocenters. The Morgan fingerprint density at radius 3 is 2.88 bits per heavy atom. The van der Waals surface area contributed by atoms with Crippen LogP contribution in [0.3, 0.4) is 0 Å². The Morgan fingerprint density at radius 1 is 1.46 bits per heavy atom. The molecular weight excluding hydrogens is 311 g/mol. The smallest absolute Gasteiger partial charge is 0.239 e. The van der Waals surface area contributed by atoms with Crippen LogP contribution >= 0.6 is 0 Å². The lowest BCUT2D eigenvalue weighted by molar-refractivity contribution is -0.130. The van der Waals surface area contributed by atoms with Crippen molar-refractivity contribution < 1.29 is 14.0 Å². The van der Waals surface area contributed by atoms with Gasteiger partial charge < -0.3 is 16.4 Å². The number of alkyl halides is 1. The molecule has 2 amide bonds. The first-order chi connectivity index (χ1) is 11.5. The topological polar surface area (TPSA) is 108 Å². The molecule has 2 bridgehead atoms. The van der Waals surface area contributed by atoms with Crippen LogP contribution in [0.1, 0.15) is 25.7 Å². The van der Waals surface area contributed by atoms with Gasteiger partial charge in [0.15, 0.2) is 0 Å². The monoisotopic (exact) mass is 334 g/mol. The number of rotatable bonds is 4. The number of hydrogen-bond donors (Lipinski definition) is 3. The van der Waals surface area contributed by atoms with Crippen LogP contribution in [0.5, 0.6) is 0 Å². The molecule has 24 heavy (non-hydrogen) atoms. The van der Waals surface area contributed by atoms with E-state index in [4.69, 9.17) is 5.73 Å². The number of primary amides is 1. The molecule has 2 saturated heterocycles. The van der Waals surface area contributed by atoms with Crippen LogP contribution in [0.25, 0.3) is 0 Å². The third-order valence-corrected chi connectivity index (χ3v) is 7.05. The van der Waals surface area contributed by atoms with Crippen LogP contribution in [0, 0.1) is 46.8 Å². The maximum atomic E-state index is 14.4. The fourth-order valence-electron chi connectivity index (χ4n) is 6.04. The number of carbonyl (C=O) groups is 2. The Labute approximate surface area is 140 Å². The molecule has 4 fully saturated rings. The van der Waals surface area contributed by atoms with Gasteiger partial charge in [0.2, 0.25) is 11.8 Å². The summed E-state index contributed by atoms with van der Waals surface area (Å²) >= 11 is 0. The molecule has 6 nitrogen and oxygen atoms in total. The zero-order chi connectivity index (χ0) is 17.1. The maximum Gasteiger partial charge on any atom is 0.239 e. The predicted octanol–water partition coefficient (Wildman–Crippen LogP) is 0.0900. The largest absolute Gasteiger partial charge is 0.368 e. The average Bonchev–Trinajstić information content (AvgIpc) is 3.27. The molecule has 130 valence electrons. The number of nitrogens with two attached hydrogens (primary N) is 1. The molecule has 2 saturated carbocycles. The van der Waals surface area contributed by atoms with E-state index in [1.165, 1.54) is 0 Å². The van der Waals surface area contributed by atoms with E-state index in [2.05, 4.69) is 16.7 Å². The summed E-state index contributed by atoms with van der Waals surface area (Å²) in [5.74, 6) is -1.55.